The average molecular weight is 1010 g/mol. The summed E-state index contributed by atoms with van der Waals surface area (Å²) in [5.74, 6) is -1.05. The van der Waals surface area contributed by atoms with Gasteiger partial charge in [-0.25, -0.2) is 0 Å². The van der Waals surface area contributed by atoms with Gasteiger partial charge in [0.15, 0.2) is 6.10 Å². The van der Waals surface area contributed by atoms with Crippen molar-refractivity contribution < 1.29 is 28.6 Å². The summed E-state index contributed by atoms with van der Waals surface area (Å²) in [6, 6.07) is 0. The number of unbranched alkanes of at least 4 members (excludes halogenated alkanes) is 16. The van der Waals surface area contributed by atoms with E-state index in [2.05, 4.69) is 167 Å². The third kappa shape index (κ3) is 58.1. The molecule has 0 rings (SSSR count). The van der Waals surface area contributed by atoms with Crippen molar-refractivity contribution in [1.29, 1.82) is 0 Å². The van der Waals surface area contributed by atoms with Crippen molar-refractivity contribution in [2.24, 2.45) is 0 Å². The lowest BCUT2D eigenvalue weighted by molar-refractivity contribution is -0.167. The molecule has 0 aromatic heterocycles. The zero-order chi connectivity index (χ0) is 52.9. The molecule has 0 saturated carbocycles. The molecule has 6 nitrogen and oxygen atoms in total. The summed E-state index contributed by atoms with van der Waals surface area (Å²) in [6.07, 6.45) is 85.5. The molecule has 0 saturated heterocycles. The van der Waals surface area contributed by atoms with Gasteiger partial charge in [-0.2, -0.15) is 0 Å². The lowest BCUT2D eigenvalue weighted by atomic mass is 10.1. The minimum atomic E-state index is -0.837. The molecule has 0 aliphatic rings. The molecule has 0 N–H and O–H groups in total. The summed E-state index contributed by atoms with van der Waals surface area (Å²) in [4.78, 5) is 38.2. The van der Waals surface area contributed by atoms with E-state index in [1.54, 1.807) is 0 Å². The Kier molecular flexibility index (Phi) is 56.0. The van der Waals surface area contributed by atoms with Gasteiger partial charge in [0.1, 0.15) is 13.2 Å². The van der Waals surface area contributed by atoms with Gasteiger partial charge in [-0.1, -0.05) is 224 Å². The molecule has 0 aliphatic carbocycles. The van der Waals surface area contributed by atoms with Crippen molar-refractivity contribution in [3.63, 3.8) is 0 Å². The lowest BCUT2D eigenvalue weighted by Gasteiger charge is -2.18. The van der Waals surface area contributed by atoms with E-state index in [1.807, 2.05) is 0 Å². The summed E-state index contributed by atoms with van der Waals surface area (Å²) >= 11 is 0. The van der Waals surface area contributed by atoms with Crippen molar-refractivity contribution in [3.05, 3.63) is 146 Å². The molecule has 0 aromatic rings. The number of esters is 3. The number of ether oxygens (including phenoxy) is 3. The van der Waals surface area contributed by atoms with E-state index < -0.39 is 6.10 Å². The SMILES string of the molecule is CC/C=C\C/C=C\C/C=C\C/C=C\C/C=C\CCCCCC(=O)O[C@@H](COC(=O)CCC/C=C\C/C=C\C/C=C\CCCCCCCC)COC(=O)CCCCC/C=C\C/C=C\C/C=C\C/C=C\CCCCC. The van der Waals surface area contributed by atoms with E-state index in [4.69, 9.17) is 14.2 Å². The predicted molar refractivity (Wildman–Crippen MR) is 315 cm³/mol. The molecule has 0 aliphatic heterocycles. The summed E-state index contributed by atoms with van der Waals surface area (Å²) in [5, 5.41) is 0. The highest BCUT2D eigenvalue weighted by molar-refractivity contribution is 5.71. The van der Waals surface area contributed by atoms with Crippen LogP contribution in [0.2, 0.25) is 0 Å². The maximum absolute atomic E-state index is 12.9. The minimum absolute atomic E-state index is 0.130. The van der Waals surface area contributed by atoms with Crippen LogP contribution in [0, 0.1) is 0 Å². The van der Waals surface area contributed by atoms with Crippen LogP contribution in [0.15, 0.2) is 146 Å². The van der Waals surface area contributed by atoms with E-state index in [0.717, 1.165) is 116 Å². The number of hydrogen-bond acceptors (Lipinski definition) is 6. The molecule has 0 amide bonds. The van der Waals surface area contributed by atoms with Gasteiger partial charge >= 0.3 is 17.9 Å². The van der Waals surface area contributed by atoms with Crippen molar-refractivity contribution in [1.82, 2.24) is 0 Å². The third-order valence-corrected chi connectivity index (χ3v) is 11.8. The lowest BCUT2D eigenvalue weighted by Crippen LogP contribution is -2.30. The third-order valence-electron chi connectivity index (χ3n) is 11.8. The quantitative estimate of drug-likeness (QED) is 0.0261. The Morgan fingerprint density at radius 2 is 0.548 bits per heavy atom. The second kappa shape index (κ2) is 59.8. The Labute approximate surface area is 448 Å². The normalized spacial score (nSPS) is 13.2. The number of rotatable bonds is 51. The van der Waals surface area contributed by atoms with Crippen LogP contribution < -0.4 is 0 Å². The molecule has 0 fully saturated rings. The predicted octanol–water partition coefficient (Wildman–Crippen LogP) is 20.0. The number of hydrogen-bond donors (Lipinski definition) is 0. The van der Waals surface area contributed by atoms with E-state index in [0.29, 0.717) is 19.3 Å². The molecule has 0 bridgehead atoms. The average Bonchev–Trinajstić information content (AvgIpc) is 3.39. The number of carbonyl (C=O) groups is 3. The first-order valence-corrected chi connectivity index (χ1v) is 29.3. The summed E-state index contributed by atoms with van der Waals surface area (Å²) < 4.78 is 16.8. The maximum Gasteiger partial charge on any atom is 0.306 e. The van der Waals surface area contributed by atoms with E-state index in [1.165, 1.54) is 70.6 Å². The van der Waals surface area contributed by atoms with Crippen LogP contribution in [0.3, 0.4) is 0 Å². The highest BCUT2D eigenvalue weighted by atomic mass is 16.6. The van der Waals surface area contributed by atoms with Crippen LogP contribution in [0.5, 0.6) is 0 Å². The van der Waals surface area contributed by atoms with Gasteiger partial charge in [-0.3, -0.25) is 14.4 Å². The number of carbonyl (C=O) groups excluding carboxylic acids is 3. The molecule has 0 spiro atoms. The standard InChI is InChI=1S/C67H106O6/c1-4-7-10-13-16-19-22-25-28-31-33-36-39-42-45-48-51-54-57-60-66(69)72-63-64(62-71-65(68)59-56-53-50-47-44-41-38-35-30-27-24-21-18-15-12-9-6-3)73-67(70)61-58-55-52-49-46-43-40-37-34-32-29-26-23-20-17-14-11-8-5-2/h8,11,16-17,19-20,25-30,33-34,36-38,41-43,45-47,50,64H,4-7,9-10,12-15,18,21-24,31-32,35,39-40,44,48-49,51-63H2,1-3H3/b11-8-,19-16-,20-17-,28-25-,29-26-,30-27-,36-33-,37-34-,41-38-,45-42-,46-43-,50-47-/t64-/m0/s1. The van der Waals surface area contributed by atoms with Crippen LogP contribution >= 0.6 is 0 Å². The fourth-order valence-corrected chi connectivity index (χ4v) is 7.41. The van der Waals surface area contributed by atoms with E-state index in [9.17, 15) is 14.4 Å². The number of allylic oxidation sites excluding steroid dienone is 24. The molecular weight excluding hydrogens is 901 g/mol. The molecule has 0 radical (unpaired) electrons. The largest absolute Gasteiger partial charge is 0.462 e. The van der Waals surface area contributed by atoms with Gasteiger partial charge in [0.2, 0.25) is 0 Å². The van der Waals surface area contributed by atoms with Crippen LogP contribution in [0.25, 0.3) is 0 Å². The fraction of sp³-hybridized carbons (Fsp3) is 0.597. The molecule has 0 aromatic carbocycles. The van der Waals surface area contributed by atoms with Gasteiger partial charge in [-0.05, 0) is 141 Å². The Morgan fingerprint density at radius 1 is 0.288 bits per heavy atom. The minimum Gasteiger partial charge on any atom is -0.462 e. The topological polar surface area (TPSA) is 78.9 Å². The first-order chi connectivity index (χ1) is 36.0. The Hall–Kier alpha value is -4.71. The van der Waals surface area contributed by atoms with E-state index in [-0.39, 0.29) is 44.0 Å². The van der Waals surface area contributed by atoms with E-state index >= 15 is 0 Å². The zero-order valence-electron chi connectivity index (χ0n) is 46.8. The molecule has 1 atom stereocenters. The molecule has 0 unspecified atom stereocenters. The Balaban J connectivity index is 4.61. The first-order valence-electron chi connectivity index (χ1n) is 29.3. The van der Waals surface area contributed by atoms with Gasteiger partial charge < -0.3 is 14.2 Å². The second-order valence-electron chi connectivity index (χ2n) is 18.8. The van der Waals surface area contributed by atoms with Crippen LogP contribution in [0.4, 0.5) is 0 Å². The zero-order valence-corrected chi connectivity index (χ0v) is 46.8. The highest BCUT2D eigenvalue weighted by Gasteiger charge is 2.19. The van der Waals surface area contributed by atoms with Crippen molar-refractivity contribution in [2.45, 2.75) is 245 Å². The van der Waals surface area contributed by atoms with Gasteiger partial charge in [0.05, 0.1) is 0 Å². The summed E-state index contributed by atoms with van der Waals surface area (Å²) in [5.41, 5.74) is 0. The summed E-state index contributed by atoms with van der Waals surface area (Å²) in [7, 11) is 0. The van der Waals surface area contributed by atoms with Crippen molar-refractivity contribution in [2.75, 3.05) is 13.2 Å². The summed E-state index contributed by atoms with van der Waals surface area (Å²) in [6.45, 7) is 6.38. The van der Waals surface area contributed by atoms with Crippen LogP contribution in [-0.4, -0.2) is 37.2 Å². The van der Waals surface area contributed by atoms with Gasteiger partial charge in [0.25, 0.3) is 0 Å². The molecule has 73 heavy (non-hydrogen) atoms. The van der Waals surface area contributed by atoms with Crippen molar-refractivity contribution >= 4 is 17.9 Å². The van der Waals surface area contributed by atoms with Gasteiger partial charge in [-0.15, -0.1) is 0 Å². The van der Waals surface area contributed by atoms with Crippen LogP contribution in [0.1, 0.15) is 239 Å². The molecule has 0 heterocycles. The first kappa shape index (κ1) is 68.3. The second-order valence-corrected chi connectivity index (χ2v) is 18.8. The Morgan fingerprint density at radius 3 is 0.918 bits per heavy atom. The van der Waals surface area contributed by atoms with Crippen molar-refractivity contribution in [3.8, 4) is 0 Å². The molecular formula is C67H106O6. The highest BCUT2D eigenvalue weighted by Crippen LogP contribution is 2.12. The van der Waals surface area contributed by atoms with Gasteiger partial charge in [0, 0.05) is 19.3 Å². The fourth-order valence-electron chi connectivity index (χ4n) is 7.41. The van der Waals surface area contributed by atoms with Crippen LogP contribution in [-0.2, 0) is 28.6 Å². The molecule has 6 heteroatoms. The maximum atomic E-state index is 12.9. The monoisotopic (exact) mass is 1010 g/mol. The molecule has 410 valence electrons. The Bertz CT molecular complexity index is 1630. The smallest absolute Gasteiger partial charge is 0.306 e.